The van der Waals surface area contributed by atoms with E-state index in [9.17, 15) is 14.7 Å². The summed E-state index contributed by atoms with van der Waals surface area (Å²) in [6.07, 6.45) is 0.609. The van der Waals surface area contributed by atoms with E-state index < -0.39 is 11.7 Å². The van der Waals surface area contributed by atoms with E-state index in [-0.39, 0.29) is 18.9 Å². The van der Waals surface area contributed by atoms with Crippen molar-refractivity contribution in [1.82, 2.24) is 4.98 Å². The van der Waals surface area contributed by atoms with Crippen LogP contribution in [0.1, 0.15) is 20.8 Å². The van der Waals surface area contributed by atoms with Gasteiger partial charge in [0, 0.05) is 0 Å². The summed E-state index contributed by atoms with van der Waals surface area (Å²) in [5, 5.41) is 9.21. The molecule has 7 nitrogen and oxygen atoms in total. The Balaban J connectivity index is 2.86. The first-order chi connectivity index (χ1) is 9.33. The molecule has 0 unspecified atom stereocenters. The number of ether oxygens (including phenoxy) is 2. The van der Waals surface area contributed by atoms with Crippen molar-refractivity contribution in [3.05, 3.63) is 18.3 Å². The number of amides is 1. The van der Waals surface area contributed by atoms with Crippen LogP contribution in [0.5, 0.6) is 5.75 Å². The number of hydrogen-bond acceptors (Lipinski definition) is 6. The topological polar surface area (TPSA) is 89.0 Å². The molecule has 0 spiro atoms. The number of carbonyl (C=O) groups excluding carboxylic acids is 2. The van der Waals surface area contributed by atoms with Gasteiger partial charge in [0.15, 0.2) is 0 Å². The number of aromatic hydroxyl groups is 1. The number of pyridine rings is 1. The van der Waals surface area contributed by atoms with Crippen molar-refractivity contribution in [1.29, 1.82) is 0 Å². The number of rotatable bonds is 5. The van der Waals surface area contributed by atoms with Crippen molar-refractivity contribution in [3.8, 4) is 5.75 Å². The Morgan fingerprint density at radius 1 is 1.45 bits per heavy atom. The van der Waals surface area contributed by atoms with E-state index in [1.807, 2.05) is 0 Å². The molecule has 0 bridgehead atoms. The molecule has 1 N–H and O–H groups in total. The van der Waals surface area contributed by atoms with Crippen LogP contribution in [0.15, 0.2) is 18.3 Å². The van der Waals surface area contributed by atoms with Gasteiger partial charge in [-0.05, 0) is 32.9 Å². The van der Waals surface area contributed by atoms with Gasteiger partial charge in [-0.3, -0.25) is 9.69 Å². The first-order valence-electron chi connectivity index (χ1n) is 6.04. The maximum absolute atomic E-state index is 12.1. The highest BCUT2D eigenvalue weighted by Crippen LogP contribution is 2.18. The number of nitrogens with zero attached hydrogens (tertiary/aromatic N) is 2. The number of hydrogen-bond donors (Lipinski definition) is 1. The third-order valence-electron chi connectivity index (χ3n) is 2.12. The van der Waals surface area contributed by atoms with E-state index in [1.54, 1.807) is 20.8 Å². The Morgan fingerprint density at radius 2 is 2.15 bits per heavy atom. The molecule has 0 saturated carbocycles. The predicted molar refractivity (Wildman–Crippen MR) is 71.5 cm³/mol. The zero-order valence-corrected chi connectivity index (χ0v) is 11.7. The van der Waals surface area contributed by atoms with Gasteiger partial charge in [-0.2, -0.15) is 0 Å². The lowest BCUT2D eigenvalue weighted by Gasteiger charge is -2.26. The van der Waals surface area contributed by atoms with Gasteiger partial charge < -0.3 is 14.6 Å². The highest BCUT2D eigenvalue weighted by atomic mass is 16.6. The monoisotopic (exact) mass is 282 g/mol. The van der Waals surface area contributed by atoms with Gasteiger partial charge in [0.25, 0.3) is 6.47 Å². The second-order valence-electron chi connectivity index (χ2n) is 4.97. The zero-order chi connectivity index (χ0) is 15.2. The van der Waals surface area contributed by atoms with E-state index in [0.717, 1.165) is 0 Å². The second-order valence-corrected chi connectivity index (χ2v) is 4.97. The number of anilines is 1. The van der Waals surface area contributed by atoms with Gasteiger partial charge >= 0.3 is 6.09 Å². The summed E-state index contributed by atoms with van der Waals surface area (Å²) < 4.78 is 9.84. The van der Waals surface area contributed by atoms with Crippen molar-refractivity contribution in [2.75, 3.05) is 18.1 Å². The summed E-state index contributed by atoms with van der Waals surface area (Å²) in [7, 11) is 0. The molecule has 0 aliphatic carbocycles. The molecule has 1 aromatic rings. The van der Waals surface area contributed by atoms with Crippen LogP contribution >= 0.6 is 0 Å². The lowest BCUT2D eigenvalue weighted by molar-refractivity contribution is -0.128. The van der Waals surface area contributed by atoms with E-state index in [1.165, 1.54) is 23.2 Å². The molecule has 0 aliphatic heterocycles. The largest absolute Gasteiger partial charge is 0.506 e. The number of aromatic nitrogens is 1. The fraction of sp³-hybridized carbons (Fsp3) is 0.462. The molecule has 1 heterocycles. The van der Waals surface area contributed by atoms with Gasteiger partial charge in [0.05, 0.1) is 12.7 Å². The van der Waals surface area contributed by atoms with Crippen LogP contribution in [-0.4, -0.2) is 41.4 Å². The highest BCUT2D eigenvalue weighted by Gasteiger charge is 2.24. The first-order valence-corrected chi connectivity index (χ1v) is 6.04. The zero-order valence-electron chi connectivity index (χ0n) is 11.7. The Bertz CT molecular complexity index is 453. The van der Waals surface area contributed by atoms with Crippen LogP contribution in [0.25, 0.3) is 0 Å². The summed E-state index contributed by atoms with van der Waals surface area (Å²) >= 11 is 0. The van der Waals surface area contributed by atoms with Crippen LogP contribution in [0.2, 0.25) is 0 Å². The Hall–Kier alpha value is -2.31. The van der Waals surface area contributed by atoms with E-state index in [2.05, 4.69) is 9.72 Å². The maximum atomic E-state index is 12.1. The smallest absolute Gasteiger partial charge is 0.416 e. The first kappa shape index (κ1) is 15.7. The van der Waals surface area contributed by atoms with Gasteiger partial charge in [0.1, 0.15) is 23.8 Å². The van der Waals surface area contributed by atoms with Crippen molar-refractivity contribution in [2.45, 2.75) is 26.4 Å². The predicted octanol–water partition coefficient (Wildman–Crippen LogP) is 1.70. The minimum atomic E-state index is -0.655. The molecule has 110 valence electrons. The second kappa shape index (κ2) is 6.74. The van der Waals surface area contributed by atoms with Crippen molar-refractivity contribution < 1.29 is 24.2 Å². The molecule has 0 aliphatic rings. The Labute approximate surface area is 117 Å². The van der Waals surface area contributed by atoms with Gasteiger partial charge in [-0.1, -0.05) is 0 Å². The van der Waals surface area contributed by atoms with Crippen molar-refractivity contribution in [2.24, 2.45) is 0 Å². The third-order valence-corrected chi connectivity index (χ3v) is 2.12. The molecule has 0 radical (unpaired) electrons. The summed E-state index contributed by atoms with van der Waals surface area (Å²) in [6, 6.07) is 2.88. The van der Waals surface area contributed by atoms with Crippen LogP contribution in [0.4, 0.5) is 10.6 Å². The average Bonchev–Trinajstić information content (AvgIpc) is 2.34. The van der Waals surface area contributed by atoms with E-state index >= 15 is 0 Å². The van der Waals surface area contributed by atoms with Crippen molar-refractivity contribution >= 4 is 18.4 Å². The summed E-state index contributed by atoms with van der Waals surface area (Å²) in [4.78, 5) is 27.4. The third kappa shape index (κ3) is 5.13. The lowest BCUT2D eigenvalue weighted by atomic mass is 10.2. The molecule has 1 aromatic heterocycles. The van der Waals surface area contributed by atoms with Gasteiger partial charge in [-0.15, -0.1) is 0 Å². The highest BCUT2D eigenvalue weighted by molar-refractivity contribution is 5.86. The standard InChI is InChI=1S/C13H18N2O5/c1-13(2,3)20-12(18)15(6-7-19-9-16)11-5-4-10(17)8-14-11/h4-5,8-9,17H,6-7H2,1-3H3. The normalized spacial score (nSPS) is 10.8. The Morgan fingerprint density at radius 3 is 2.65 bits per heavy atom. The molecule has 0 atom stereocenters. The molecule has 0 fully saturated rings. The van der Waals surface area contributed by atoms with E-state index in [4.69, 9.17) is 4.74 Å². The SMILES string of the molecule is CC(C)(C)OC(=O)N(CCOC=O)c1ccc(O)cn1. The molecule has 1 amide bonds. The quantitative estimate of drug-likeness (QED) is 0.653. The lowest BCUT2D eigenvalue weighted by Crippen LogP contribution is -2.39. The maximum Gasteiger partial charge on any atom is 0.416 e. The van der Waals surface area contributed by atoms with Gasteiger partial charge in [-0.25, -0.2) is 9.78 Å². The minimum absolute atomic E-state index is 0.0120. The van der Waals surface area contributed by atoms with E-state index in [0.29, 0.717) is 12.3 Å². The van der Waals surface area contributed by atoms with Crippen LogP contribution < -0.4 is 4.90 Å². The Kier molecular flexibility index (Phi) is 5.31. The molecule has 20 heavy (non-hydrogen) atoms. The van der Waals surface area contributed by atoms with Crippen LogP contribution in [-0.2, 0) is 14.3 Å². The van der Waals surface area contributed by atoms with Crippen LogP contribution in [0.3, 0.4) is 0 Å². The molecule has 1 rings (SSSR count). The minimum Gasteiger partial charge on any atom is -0.506 e. The summed E-state index contributed by atoms with van der Waals surface area (Å²) in [5.74, 6) is 0.286. The average molecular weight is 282 g/mol. The summed E-state index contributed by atoms with van der Waals surface area (Å²) in [6.45, 7) is 5.66. The van der Waals surface area contributed by atoms with Crippen molar-refractivity contribution in [3.63, 3.8) is 0 Å². The van der Waals surface area contributed by atoms with Crippen LogP contribution in [0, 0.1) is 0 Å². The molecule has 0 saturated heterocycles. The molecule has 0 aromatic carbocycles. The molecular weight excluding hydrogens is 264 g/mol. The summed E-state index contributed by atoms with van der Waals surface area (Å²) in [5.41, 5.74) is -0.655. The molecule has 7 heteroatoms. The fourth-order valence-corrected chi connectivity index (χ4v) is 1.35. The number of carbonyl (C=O) groups is 2. The fourth-order valence-electron chi connectivity index (χ4n) is 1.35. The molecular formula is C13H18N2O5. The van der Waals surface area contributed by atoms with Gasteiger partial charge in [0.2, 0.25) is 0 Å².